The molecule has 0 spiro atoms. The molecular formula is C12H20N4. The van der Waals surface area contributed by atoms with Crippen molar-refractivity contribution in [1.82, 2.24) is 14.8 Å². The van der Waals surface area contributed by atoms with Crippen LogP contribution in [0.1, 0.15) is 44.3 Å². The summed E-state index contributed by atoms with van der Waals surface area (Å²) in [5.41, 5.74) is 6.10. The van der Waals surface area contributed by atoms with Crippen LogP contribution in [0.2, 0.25) is 0 Å². The number of aromatic nitrogens is 3. The molecule has 0 amide bonds. The largest absolute Gasteiger partial charge is 0.329 e. The highest BCUT2D eigenvalue weighted by Gasteiger charge is 2.42. The molecule has 1 aliphatic heterocycles. The minimum Gasteiger partial charge on any atom is -0.329 e. The van der Waals surface area contributed by atoms with Gasteiger partial charge in [0.15, 0.2) is 0 Å². The molecule has 0 aromatic carbocycles. The third-order valence-electron chi connectivity index (χ3n) is 4.38. The zero-order chi connectivity index (χ0) is 11.2. The highest BCUT2D eigenvalue weighted by molar-refractivity contribution is 5.17. The molecule has 1 aliphatic carbocycles. The van der Waals surface area contributed by atoms with Gasteiger partial charge in [-0.3, -0.25) is 0 Å². The topological polar surface area (TPSA) is 56.7 Å². The Morgan fingerprint density at radius 1 is 1.44 bits per heavy atom. The van der Waals surface area contributed by atoms with Gasteiger partial charge in [0.25, 0.3) is 0 Å². The van der Waals surface area contributed by atoms with Gasteiger partial charge in [-0.05, 0) is 25.2 Å². The Hall–Kier alpha value is -0.900. The smallest absolute Gasteiger partial charge is 0.140 e. The number of hydrogen-bond donors (Lipinski definition) is 1. The van der Waals surface area contributed by atoms with Crippen LogP contribution in [0.5, 0.6) is 0 Å². The maximum absolute atomic E-state index is 5.94. The Morgan fingerprint density at radius 3 is 2.88 bits per heavy atom. The van der Waals surface area contributed by atoms with E-state index in [0.29, 0.717) is 0 Å². The highest BCUT2D eigenvalue weighted by Crippen LogP contribution is 2.42. The molecule has 1 atom stereocenters. The Labute approximate surface area is 96.2 Å². The molecule has 0 saturated heterocycles. The summed E-state index contributed by atoms with van der Waals surface area (Å²) >= 11 is 0. The minimum atomic E-state index is 0.159. The zero-order valence-electron chi connectivity index (χ0n) is 9.95. The summed E-state index contributed by atoms with van der Waals surface area (Å²) in [6, 6.07) is 0. The lowest BCUT2D eigenvalue weighted by atomic mass is 9.68. The summed E-state index contributed by atoms with van der Waals surface area (Å²) in [4.78, 5) is 0. The number of nitrogens with zero attached hydrogens (tertiary/aromatic N) is 3. The van der Waals surface area contributed by atoms with Gasteiger partial charge >= 0.3 is 0 Å². The van der Waals surface area contributed by atoms with E-state index in [4.69, 9.17) is 5.73 Å². The molecule has 1 unspecified atom stereocenters. The number of fused-ring (bicyclic) bond motifs is 1. The molecule has 4 heteroatoms. The lowest BCUT2D eigenvalue weighted by molar-refractivity contribution is 0.224. The Morgan fingerprint density at radius 2 is 2.25 bits per heavy atom. The predicted molar refractivity (Wildman–Crippen MR) is 62.1 cm³/mol. The molecule has 3 rings (SSSR count). The summed E-state index contributed by atoms with van der Waals surface area (Å²) in [6.07, 6.45) is 6.00. The lowest BCUT2D eigenvalue weighted by Gasteiger charge is -2.40. The van der Waals surface area contributed by atoms with Crippen molar-refractivity contribution in [3.05, 3.63) is 11.6 Å². The molecule has 1 saturated carbocycles. The van der Waals surface area contributed by atoms with Crippen LogP contribution >= 0.6 is 0 Å². The van der Waals surface area contributed by atoms with E-state index in [2.05, 4.69) is 21.7 Å². The number of rotatable bonds is 2. The maximum atomic E-state index is 5.94. The standard InChI is InChI=1S/C12H20N4/c1-9-3-6-16-10(7-9)14-15-11(16)12(8-13)4-2-5-12/h9H,2-8,13H2,1H3. The van der Waals surface area contributed by atoms with E-state index in [9.17, 15) is 0 Å². The summed E-state index contributed by atoms with van der Waals surface area (Å²) in [7, 11) is 0. The summed E-state index contributed by atoms with van der Waals surface area (Å²) in [6.45, 7) is 4.10. The van der Waals surface area contributed by atoms with Crippen LogP contribution in [-0.4, -0.2) is 21.3 Å². The van der Waals surface area contributed by atoms with E-state index in [1.54, 1.807) is 0 Å². The fraction of sp³-hybridized carbons (Fsp3) is 0.833. The molecular weight excluding hydrogens is 200 g/mol. The van der Waals surface area contributed by atoms with Gasteiger partial charge in [0, 0.05) is 24.9 Å². The van der Waals surface area contributed by atoms with Crippen molar-refractivity contribution in [3.63, 3.8) is 0 Å². The molecule has 1 aromatic rings. The van der Waals surface area contributed by atoms with E-state index >= 15 is 0 Å². The van der Waals surface area contributed by atoms with E-state index < -0.39 is 0 Å². The summed E-state index contributed by atoms with van der Waals surface area (Å²) in [5, 5.41) is 8.79. The first-order valence-electron chi connectivity index (χ1n) is 6.38. The van der Waals surface area contributed by atoms with Gasteiger partial charge in [0.2, 0.25) is 0 Å². The molecule has 0 bridgehead atoms. The van der Waals surface area contributed by atoms with Crippen molar-refractivity contribution < 1.29 is 0 Å². The predicted octanol–water partition coefficient (Wildman–Crippen LogP) is 1.24. The molecule has 0 radical (unpaired) electrons. The molecule has 2 N–H and O–H groups in total. The molecule has 16 heavy (non-hydrogen) atoms. The first kappa shape index (κ1) is 10.3. The van der Waals surface area contributed by atoms with E-state index in [1.165, 1.54) is 37.3 Å². The van der Waals surface area contributed by atoms with Crippen LogP contribution in [0, 0.1) is 5.92 Å². The van der Waals surface area contributed by atoms with E-state index in [1.807, 2.05) is 0 Å². The van der Waals surface area contributed by atoms with Gasteiger partial charge in [-0.1, -0.05) is 13.3 Å². The molecule has 4 nitrogen and oxygen atoms in total. The quantitative estimate of drug-likeness (QED) is 0.816. The van der Waals surface area contributed by atoms with Crippen LogP contribution in [-0.2, 0) is 18.4 Å². The zero-order valence-corrected chi connectivity index (χ0v) is 9.95. The second-order valence-electron chi connectivity index (χ2n) is 5.53. The Bertz CT molecular complexity index is 386. The van der Waals surface area contributed by atoms with Crippen molar-refractivity contribution in [2.24, 2.45) is 11.7 Å². The van der Waals surface area contributed by atoms with Crippen LogP contribution in [0.25, 0.3) is 0 Å². The third-order valence-corrected chi connectivity index (χ3v) is 4.38. The fourth-order valence-corrected chi connectivity index (χ4v) is 3.00. The van der Waals surface area contributed by atoms with Gasteiger partial charge in [0.05, 0.1) is 0 Å². The fourth-order valence-electron chi connectivity index (χ4n) is 3.00. The average Bonchev–Trinajstić information content (AvgIpc) is 2.61. The second-order valence-corrected chi connectivity index (χ2v) is 5.53. The number of nitrogens with two attached hydrogens (primary N) is 1. The van der Waals surface area contributed by atoms with Crippen molar-refractivity contribution in [3.8, 4) is 0 Å². The van der Waals surface area contributed by atoms with Gasteiger partial charge in [-0.2, -0.15) is 0 Å². The number of hydrogen-bond acceptors (Lipinski definition) is 3. The van der Waals surface area contributed by atoms with Gasteiger partial charge in [-0.25, -0.2) is 0 Å². The van der Waals surface area contributed by atoms with Gasteiger partial charge < -0.3 is 10.3 Å². The monoisotopic (exact) mass is 220 g/mol. The normalized spacial score (nSPS) is 27.2. The van der Waals surface area contributed by atoms with Crippen LogP contribution in [0.15, 0.2) is 0 Å². The SMILES string of the molecule is CC1CCn2c(nnc2C2(CN)CCC2)C1. The summed E-state index contributed by atoms with van der Waals surface area (Å²) < 4.78 is 2.34. The molecule has 1 fully saturated rings. The maximum Gasteiger partial charge on any atom is 0.140 e. The minimum absolute atomic E-state index is 0.159. The lowest BCUT2D eigenvalue weighted by Crippen LogP contribution is -2.44. The third kappa shape index (κ3) is 1.32. The van der Waals surface area contributed by atoms with E-state index in [0.717, 1.165) is 25.4 Å². The van der Waals surface area contributed by atoms with Gasteiger partial charge in [0.1, 0.15) is 11.6 Å². The molecule has 88 valence electrons. The highest BCUT2D eigenvalue weighted by atomic mass is 15.3. The first-order chi connectivity index (χ1) is 7.75. The molecule has 1 aromatic heterocycles. The Balaban J connectivity index is 1.97. The van der Waals surface area contributed by atoms with Crippen LogP contribution in [0.3, 0.4) is 0 Å². The molecule has 2 heterocycles. The molecule has 2 aliphatic rings. The van der Waals surface area contributed by atoms with E-state index in [-0.39, 0.29) is 5.41 Å². The first-order valence-corrected chi connectivity index (χ1v) is 6.38. The van der Waals surface area contributed by atoms with Crippen LogP contribution < -0.4 is 5.73 Å². The average molecular weight is 220 g/mol. The van der Waals surface area contributed by atoms with Crippen molar-refractivity contribution in [2.45, 2.75) is 51.0 Å². The van der Waals surface area contributed by atoms with Crippen molar-refractivity contribution in [2.75, 3.05) is 6.54 Å². The van der Waals surface area contributed by atoms with Crippen molar-refractivity contribution >= 4 is 0 Å². The van der Waals surface area contributed by atoms with Crippen molar-refractivity contribution in [1.29, 1.82) is 0 Å². The van der Waals surface area contributed by atoms with Gasteiger partial charge in [-0.15, -0.1) is 10.2 Å². The Kier molecular flexibility index (Phi) is 2.28. The van der Waals surface area contributed by atoms with Crippen LogP contribution in [0.4, 0.5) is 0 Å². The summed E-state index contributed by atoms with van der Waals surface area (Å²) in [5.74, 6) is 3.09. The second kappa shape index (κ2) is 3.55.